The van der Waals surface area contributed by atoms with Gasteiger partial charge in [-0.15, -0.1) is 0 Å². The van der Waals surface area contributed by atoms with Crippen LogP contribution in [0.2, 0.25) is 0 Å². The Morgan fingerprint density at radius 2 is 1.05 bits per heavy atom. The molecule has 0 saturated heterocycles. The van der Waals surface area contributed by atoms with Crippen LogP contribution in [0.3, 0.4) is 0 Å². The van der Waals surface area contributed by atoms with Crippen LogP contribution in [0.4, 0.5) is 0 Å². The summed E-state index contributed by atoms with van der Waals surface area (Å²) in [6, 6.07) is 25.7. The molecule has 0 radical (unpaired) electrons. The van der Waals surface area contributed by atoms with Gasteiger partial charge in [0.1, 0.15) is 0 Å². The Labute approximate surface area is 128 Å². The monoisotopic (exact) mass is 324 g/mol. The van der Waals surface area contributed by atoms with E-state index in [0.29, 0.717) is 0 Å². The van der Waals surface area contributed by atoms with Crippen molar-refractivity contribution in [3.63, 3.8) is 0 Å². The zero-order chi connectivity index (χ0) is 13.9. The summed E-state index contributed by atoms with van der Waals surface area (Å²) in [5.74, 6) is 0. The molecule has 20 heavy (non-hydrogen) atoms. The van der Waals surface area contributed by atoms with E-state index in [0.717, 1.165) is 0 Å². The van der Waals surface area contributed by atoms with Crippen molar-refractivity contribution in [2.75, 3.05) is 0 Å². The first-order valence-electron chi connectivity index (χ1n) is 6.70. The third-order valence-electron chi connectivity index (χ3n) is 3.42. The fraction of sp³-hybridized carbons (Fsp3) is 0.0526. The molecule has 0 unspecified atom stereocenters. The van der Waals surface area contributed by atoms with Gasteiger partial charge in [0.05, 0.1) is 0 Å². The molecule has 0 spiro atoms. The van der Waals surface area contributed by atoms with E-state index in [4.69, 9.17) is 0 Å². The van der Waals surface area contributed by atoms with Crippen LogP contribution < -0.4 is 4.46 Å². The summed E-state index contributed by atoms with van der Waals surface area (Å²) in [6.45, 7) is 2.16. The molecule has 0 aromatic heterocycles. The molecule has 0 amide bonds. The van der Waals surface area contributed by atoms with E-state index in [9.17, 15) is 0 Å². The van der Waals surface area contributed by atoms with Crippen LogP contribution in [-0.2, 0) is 0 Å². The fourth-order valence-corrected chi connectivity index (χ4v) is 3.27. The van der Waals surface area contributed by atoms with Crippen LogP contribution in [0.15, 0.2) is 72.8 Å². The molecule has 3 aromatic rings. The van der Waals surface area contributed by atoms with Crippen molar-refractivity contribution in [1.29, 1.82) is 0 Å². The molecular weight excluding hydrogens is 307 g/mol. The van der Waals surface area contributed by atoms with Crippen molar-refractivity contribution in [2.24, 2.45) is 0 Å². The Morgan fingerprint density at radius 3 is 1.45 bits per heavy atom. The van der Waals surface area contributed by atoms with Crippen LogP contribution >= 0.6 is 0 Å². The summed E-state index contributed by atoms with van der Waals surface area (Å²) in [5.41, 5.74) is 6.42. The summed E-state index contributed by atoms with van der Waals surface area (Å²) in [5, 5.41) is 0. The standard InChI is InChI=1S/C19H16Se/c1-14-12-17(15-8-4-2-5-9-15)19(20)18(13-14)16-10-6-3-7-11-16/h2-13,20H,1H3. The molecule has 0 aliphatic rings. The topological polar surface area (TPSA) is 0 Å². The van der Waals surface area contributed by atoms with Gasteiger partial charge in [0.15, 0.2) is 0 Å². The molecule has 0 N–H and O–H groups in total. The maximum atomic E-state index is 2.74. The molecule has 3 rings (SSSR count). The second kappa shape index (κ2) is 5.66. The number of aryl methyl sites for hydroxylation is 1. The van der Waals surface area contributed by atoms with E-state index < -0.39 is 0 Å². The summed E-state index contributed by atoms with van der Waals surface area (Å²) in [6.07, 6.45) is 0. The molecular formula is C19H16Se. The van der Waals surface area contributed by atoms with Gasteiger partial charge in [-0.1, -0.05) is 0 Å². The predicted molar refractivity (Wildman–Crippen MR) is 88.8 cm³/mol. The van der Waals surface area contributed by atoms with Crippen molar-refractivity contribution >= 4 is 20.5 Å². The zero-order valence-electron chi connectivity index (χ0n) is 11.4. The van der Waals surface area contributed by atoms with Crippen LogP contribution in [0, 0.1) is 6.92 Å². The van der Waals surface area contributed by atoms with Crippen LogP contribution in [0.5, 0.6) is 0 Å². The van der Waals surface area contributed by atoms with Gasteiger partial charge in [0.2, 0.25) is 0 Å². The number of benzene rings is 3. The van der Waals surface area contributed by atoms with Gasteiger partial charge < -0.3 is 0 Å². The first kappa shape index (κ1) is 13.2. The average Bonchev–Trinajstić information content (AvgIpc) is 2.51. The van der Waals surface area contributed by atoms with Crippen LogP contribution in [0.25, 0.3) is 22.3 Å². The van der Waals surface area contributed by atoms with E-state index >= 15 is 0 Å². The quantitative estimate of drug-likeness (QED) is 0.628. The van der Waals surface area contributed by atoms with E-state index in [1.54, 1.807) is 0 Å². The predicted octanol–water partition coefficient (Wildman–Crippen LogP) is 3.86. The van der Waals surface area contributed by atoms with Crippen molar-refractivity contribution in [3.8, 4) is 22.3 Å². The Hall–Kier alpha value is -1.82. The van der Waals surface area contributed by atoms with E-state index in [1.165, 1.54) is 32.3 Å². The second-order valence-electron chi connectivity index (χ2n) is 4.94. The summed E-state index contributed by atoms with van der Waals surface area (Å²) < 4.78 is 1.28. The maximum absolute atomic E-state index is 2.74. The minimum absolute atomic E-state index is 1.27. The summed E-state index contributed by atoms with van der Waals surface area (Å²) >= 11 is 2.74. The molecule has 0 nitrogen and oxygen atoms in total. The van der Waals surface area contributed by atoms with Crippen LogP contribution in [0.1, 0.15) is 5.56 Å². The SMILES string of the molecule is Cc1cc(-c2ccccc2)c([SeH])c(-c2ccccc2)c1. The first-order chi connectivity index (χ1) is 9.75. The molecule has 0 aliphatic carbocycles. The van der Waals surface area contributed by atoms with Gasteiger partial charge in [0, 0.05) is 0 Å². The van der Waals surface area contributed by atoms with Crippen molar-refractivity contribution in [2.45, 2.75) is 6.92 Å². The van der Waals surface area contributed by atoms with Crippen molar-refractivity contribution in [3.05, 3.63) is 78.4 Å². The van der Waals surface area contributed by atoms with Crippen molar-refractivity contribution in [1.82, 2.24) is 0 Å². The van der Waals surface area contributed by atoms with E-state index in [2.05, 4.69) is 95.7 Å². The molecule has 0 heterocycles. The van der Waals surface area contributed by atoms with Crippen molar-refractivity contribution < 1.29 is 0 Å². The van der Waals surface area contributed by atoms with Gasteiger partial charge in [0.25, 0.3) is 0 Å². The summed E-state index contributed by atoms with van der Waals surface area (Å²) in [7, 11) is 0. The van der Waals surface area contributed by atoms with Gasteiger partial charge in [-0.05, 0) is 0 Å². The minimum atomic E-state index is 1.27. The van der Waals surface area contributed by atoms with Gasteiger partial charge in [-0.2, -0.15) is 0 Å². The number of hydrogen-bond acceptors (Lipinski definition) is 0. The third-order valence-corrected chi connectivity index (χ3v) is 4.43. The Morgan fingerprint density at radius 1 is 0.650 bits per heavy atom. The molecule has 0 fully saturated rings. The van der Waals surface area contributed by atoms with E-state index in [1.807, 2.05) is 0 Å². The molecule has 0 aliphatic heterocycles. The van der Waals surface area contributed by atoms with Gasteiger partial charge in [-0.3, -0.25) is 0 Å². The van der Waals surface area contributed by atoms with Gasteiger partial charge in [-0.25, -0.2) is 0 Å². The molecule has 0 saturated carbocycles. The van der Waals surface area contributed by atoms with E-state index in [-0.39, 0.29) is 0 Å². The average molecular weight is 323 g/mol. The second-order valence-corrected chi connectivity index (χ2v) is 5.88. The van der Waals surface area contributed by atoms with Crippen LogP contribution in [-0.4, -0.2) is 16.0 Å². The molecule has 0 atom stereocenters. The molecule has 98 valence electrons. The first-order valence-corrected chi connectivity index (χ1v) is 7.64. The third kappa shape index (κ3) is 2.56. The molecule has 1 heteroatoms. The van der Waals surface area contributed by atoms with Gasteiger partial charge >= 0.3 is 128 Å². The normalized spacial score (nSPS) is 10.5. The Bertz CT molecular complexity index is 655. The molecule has 3 aromatic carbocycles. The number of hydrogen-bond donors (Lipinski definition) is 0. The zero-order valence-corrected chi connectivity index (χ0v) is 13.3. The number of rotatable bonds is 2. The fourth-order valence-electron chi connectivity index (χ4n) is 2.45. The molecule has 0 bridgehead atoms. The Kier molecular flexibility index (Phi) is 3.73. The Balaban J connectivity index is 2.22. The summed E-state index contributed by atoms with van der Waals surface area (Å²) in [4.78, 5) is 0.